The Hall–Kier alpha value is -2.42. The number of aromatic nitrogens is 2. The van der Waals surface area contributed by atoms with Crippen molar-refractivity contribution in [3.8, 4) is 5.88 Å². The van der Waals surface area contributed by atoms with Gasteiger partial charge in [0.05, 0.1) is 13.2 Å². The lowest BCUT2D eigenvalue weighted by molar-refractivity contribution is -0.0553. The van der Waals surface area contributed by atoms with Crippen LogP contribution in [0.3, 0.4) is 0 Å². The fraction of sp³-hybridized carbons (Fsp3) is 0.467. The lowest BCUT2D eigenvalue weighted by Gasteiger charge is -2.33. The first-order valence-corrected chi connectivity index (χ1v) is 7.39. The van der Waals surface area contributed by atoms with Crippen molar-refractivity contribution < 1.29 is 27.5 Å². The van der Waals surface area contributed by atoms with Crippen molar-refractivity contribution in [2.24, 2.45) is 7.05 Å². The van der Waals surface area contributed by atoms with E-state index in [0.717, 1.165) is 10.4 Å². The minimum Gasteiger partial charge on any atom is -0.464 e. The minimum absolute atomic E-state index is 0.0309. The van der Waals surface area contributed by atoms with Gasteiger partial charge >= 0.3 is 6.61 Å². The lowest BCUT2D eigenvalue weighted by atomic mass is 10.1. The van der Waals surface area contributed by atoms with E-state index >= 15 is 0 Å². The Morgan fingerprint density at radius 2 is 2.25 bits per heavy atom. The predicted octanol–water partition coefficient (Wildman–Crippen LogP) is 2.14. The summed E-state index contributed by atoms with van der Waals surface area (Å²) in [4.78, 5) is 14.3. The van der Waals surface area contributed by atoms with Crippen molar-refractivity contribution in [2.45, 2.75) is 19.6 Å². The second-order valence-electron chi connectivity index (χ2n) is 5.41. The molecule has 3 rings (SSSR count). The number of aryl methyl sites for hydroxylation is 2. The molecule has 1 atom stereocenters. The molecule has 24 heavy (non-hydrogen) atoms. The number of carbonyl (C=O) groups excluding carboxylic acids is 1. The minimum atomic E-state index is -2.98. The van der Waals surface area contributed by atoms with Crippen LogP contribution in [0.4, 0.5) is 8.78 Å². The summed E-state index contributed by atoms with van der Waals surface area (Å²) in [6.07, 6.45) is 0. The Balaban J connectivity index is 1.84. The molecular weight excluding hydrogens is 324 g/mol. The molecular formula is C15H17F2N3O4. The number of morpholine rings is 1. The zero-order valence-corrected chi connectivity index (χ0v) is 13.2. The number of hydrogen-bond donors (Lipinski definition) is 0. The van der Waals surface area contributed by atoms with Gasteiger partial charge in [-0.3, -0.25) is 4.79 Å². The Bertz CT molecular complexity index is 728. The van der Waals surface area contributed by atoms with Gasteiger partial charge in [-0.15, -0.1) is 0 Å². The zero-order valence-electron chi connectivity index (χ0n) is 13.2. The maximum atomic E-state index is 12.8. The summed E-state index contributed by atoms with van der Waals surface area (Å²) in [6.45, 7) is -0.136. The molecule has 0 bridgehead atoms. The molecule has 1 fully saturated rings. The predicted molar refractivity (Wildman–Crippen MR) is 77.9 cm³/mol. The first-order valence-electron chi connectivity index (χ1n) is 7.39. The molecule has 9 heteroatoms. The highest BCUT2D eigenvalue weighted by Gasteiger charge is 2.33. The van der Waals surface area contributed by atoms with E-state index in [2.05, 4.69) is 9.84 Å². The van der Waals surface area contributed by atoms with Gasteiger partial charge in [-0.25, -0.2) is 4.68 Å². The number of alkyl halides is 2. The normalized spacial score (nSPS) is 18.2. The van der Waals surface area contributed by atoms with E-state index in [4.69, 9.17) is 9.15 Å². The van der Waals surface area contributed by atoms with Crippen LogP contribution in [0.5, 0.6) is 5.88 Å². The van der Waals surface area contributed by atoms with Crippen LogP contribution in [-0.4, -0.2) is 47.0 Å². The van der Waals surface area contributed by atoms with Crippen LogP contribution in [0.2, 0.25) is 0 Å². The van der Waals surface area contributed by atoms with Crippen LogP contribution in [0.1, 0.15) is 28.1 Å². The van der Waals surface area contributed by atoms with E-state index in [9.17, 15) is 13.6 Å². The number of carbonyl (C=O) groups is 1. The second kappa shape index (κ2) is 6.60. The first-order chi connectivity index (χ1) is 11.5. The number of nitrogens with zero attached hydrogens (tertiary/aromatic N) is 3. The van der Waals surface area contributed by atoms with E-state index in [1.54, 1.807) is 11.0 Å². The van der Waals surface area contributed by atoms with E-state index in [0.29, 0.717) is 25.5 Å². The molecule has 0 aromatic carbocycles. The number of rotatable bonds is 4. The van der Waals surface area contributed by atoms with Crippen LogP contribution in [0.15, 0.2) is 22.6 Å². The SMILES string of the molecule is Cc1ccc(C2COCCN2C(=O)c2cc(OC(F)F)n(C)n2)o1. The van der Waals surface area contributed by atoms with Gasteiger partial charge in [0.2, 0.25) is 5.88 Å². The summed E-state index contributed by atoms with van der Waals surface area (Å²) >= 11 is 0. The number of hydrogen-bond acceptors (Lipinski definition) is 5. The molecule has 0 radical (unpaired) electrons. The number of furan rings is 1. The van der Waals surface area contributed by atoms with E-state index < -0.39 is 12.5 Å². The fourth-order valence-corrected chi connectivity index (χ4v) is 2.62. The first kappa shape index (κ1) is 16.4. The monoisotopic (exact) mass is 341 g/mol. The summed E-state index contributed by atoms with van der Waals surface area (Å²) in [5.41, 5.74) is 0.0309. The highest BCUT2D eigenvalue weighted by atomic mass is 19.3. The number of halogens is 2. The molecule has 0 spiro atoms. The van der Waals surface area contributed by atoms with Crippen molar-refractivity contribution in [3.63, 3.8) is 0 Å². The van der Waals surface area contributed by atoms with Gasteiger partial charge in [-0.2, -0.15) is 13.9 Å². The van der Waals surface area contributed by atoms with Crippen molar-refractivity contribution in [1.82, 2.24) is 14.7 Å². The molecule has 130 valence electrons. The average molecular weight is 341 g/mol. The Labute approximate surface area is 136 Å². The van der Waals surface area contributed by atoms with Crippen LogP contribution >= 0.6 is 0 Å². The summed E-state index contributed by atoms with van der Waals surface area (Å²) < 4.78 is 41.2. The van der Waals surface area contributed by atoms with Gasteiger partial charge in [0.15, 0.2) is 5.69 Å². The smallest absolute Gasteiger partial charge is 0.388 e. The number of ether oxygens (including phenoxy) is 2. The van der Waals surface area contributed by atoms with Gasteiger partial charge in [-0.05, 0) is 19.1 Å². The molecule has 7 nitrogen and oxygen atoms in total. The topological polar surface area (TPSA) is 69.7 Å². The molecule has 2 aromatic rings. The summed E-state index contributed by atoms with van der Waals surface area (Å²) in [6, 6.07) is 4.41. The third-order valence-corrected chi connectivity index (χ3v) is 3.74. The quantitative estimate of drug-likeness (QED) is 0.852. The van der Waals surface area contributed by atoms with Gasteiger partial charge in [0.1, 0.15) is 17.6 Å². The maximum absolute atomic E-state index is 12.8. The molecule has 0 N–H and O–H groups in total. The highest BCUT2D eigenvalue weighted by molar-refractivity contribution is 5.93. The van der Waals surface area contributed by atoms with Crippen molar-refractivity contribution in [2.75, 3.05) is 19.8 Å². The Morgan fingerprint density at radius 1 is 1.46 bits per heavy atom. The molecule has 1 aliphatic rings. The second-order valence-corrected chi connectivity index (χ2v) is 5.41. The molecule has 1 unspecified atom stereocenters. The molecule has 0 saturated carbocycles. The lowest BCUT2D eigenvalue weighted by Crippen LogP contribution is -2.43. The molecule has 0 aliphatic carbocycles. The van der Waals surface area contributed by atoms with E-state index in [-0.39, 0.29) is 17.6 Å². The third kappa shape index (κ3) is 3.25. The van der Waals surface area contributed by atoms with Crippen molar-refractivity contribution in [3.05, 3.63) is 35.4 Å². The van der Waals surface area contributed by atoms with Gasteiger partial charge < -0.3 is 18.8 Å². The van der Waals surface area contributed by atoms with Gasteiger partial charge in [0.25, 0.3) is 5.91 Å². The van der Waals surface area contributed by atoms with Crippen LogP contribution < -0.4 is 4.74 Å². The van der Waals surface area contributed by atoms with Crippen LogP contribution in [-0.2, 0) is 11.8 Å². The molecule has 1 saturated heterocycles. The van der Waals surface area contributed by atoms with Gasteiger partial charge in [0, 0.05) is 19.7 Å². The number of amides is 1. The molecule has 2 aromatic heterocycles. The van der Waals surface area contributed by atoms with Crippen LogP contribution in [0, 0.1) is 6.92 Å². The maximum Gasteiger partial charge on any atom is 0.388 e. The average Bonchev–Trinajstić information content (AvgIpc) is 3.13. The largest absolute Gasteiger partial charge is 0.464 e. The summed E-state index contributed by atoms with van der Waals surface area (Å²) in [5, 5.41) is 3.97. The third-order valence-electron chi connectivity index (χ3n) is 3.74. The Kier molecular flexibility index (Phi) is 4.52. The van der Waals surface area contributed by atoms with E-state index in [1.807, 2.05) is 13.0 Å². The van der Waals surface area contributed by atoms with E-state index in [1.165, 1.54) is 13.1 Å². The standard InChI is InChI=1S/C15H17F2N3O4/c1-9-3-4-12(23-9)11-8-22-6-5-20(11)14(21)10-7-13(19(2)18-10)24-15(16)17/h3-4,7,11,15H,5-6,8H2,1-2H3. The molecule has 3 heterocycles. The highest BCUT2D eigenvalue weighted by Crippen LogP contribution is 2.28. The van der Waals surface area contributed by atoms with Gasteiger partial charge in [-0.1, -0.05) is 0 Å². The fourth-order valence-electron chi connectivity index (χ4n) is 2.62. The molecule has 1 amide bonds. The van der Waals surface area contributed by atoms with Crippen molar-refractivity contribution in [1.29, 1.82) is 0 Å². The van der Waals surface area contributed by atoms with Crippen molar-refractivity contribution >= 4 is 5.91 Å². The zero-order chi connectivity index (χ0) is 17.3. The molecule has 1 aliphatic heterocycles. The Morgan fingerprint density at radius 3 is 2.92 bits per heavy atom. The summed E-state index contributed by atoms with van der Waals surface area (Å²) in [5.74, 6) is 0.776. The van der Waals surface area contributed by atoms with Crippen LogP contribution in [0.25, 0.3) is 0 Å². The summed E-state index contributed by atoms with van der Waals surface area (Å²) in [7, 11) is 1.43.